The molecule has 0 aromatic carbocycles. The molecule has 112 valence electrons. The van der Waals surface area contributed by atoms with Crippen LogP contribution in [0.1, 0.15) is 17.3 Å². The first-order valence-corrected chi connectivity index (χ1v) is 8.44. The van der Waals surface area contributed by atoms with Gasteiger partial charge < -0.3 is 10.1 Å². The highest BCUT2D eigenvalue weighted by atomic mass is 32.2. The Morgan fingerprint density at radius 1 is 1.45 bits per heavy atom. The third kappa shape index (κ3) is 4.58. The summed E-state index contributed by atoms with van der Waals surface area (Å²) in [6.07, 6.45) is 1.01. The molecule has 0 saturated heterocycles. The topological polar surface area (TPSA) is 92.8 Å². The van der Waals surface area contributed by atoms with Crippen molar-refractivity contribution in [1.82, 2.24) is 4.31 Å². The number of rotatable bonds is 6. The maximum atomic E-state index is 11.7. The van der Waals surface area contributed by atoms with Crippen molar-refractivity contribution >= 4 is 38.2 Å². The molecule has 0 fully saturated rings. The van der Waals surface area contributed by atoms with Crippen LogP contribution in [0.5, 0.6) is 0 Å². The molecule has 0 aliphatic rings. The summed E-state index contributed by atoms with van der Waals surface area (Å²) in [7, 11) is -2.13. The van der Waals surface area contributed by atoms with E-state index in [0.717, 1.165) is 10.6 Å². The number of nitrogens with one attached hydrogen (secondary N) is 1. The van der Waals surface area contributed by atoms with Crippen molar-refractivity contribution in [3.05, 3.63) is 17.0 Å². The highest BCUT2D eigenvalue weighted by Gasteiger charge is 2.19. The first-order chi connectivity index (χ1) is 9.25. The van der Waals surface area contributed by atoms with Crippen LogP contribution < -0.4 is 5.32 Å². The Balaban J connectivity index is 2.73. The number of thiophene rings is 1. The van der Waals surface area contributed by atoms with Gasteiger partial charge in [0, 0.05) is 7.05 Å². The Morgan fingerprint density at radius 2 is 2.10 bits per heavy atom. The smallest absolute Gasteiger partial charge is 0.341 e. The van der Waals surface area contributed by atoms with Gasteiger partial charge in [0.1, 0.15) is 5.00 Å². The van der Waals surface area contributed by atoms with Crippen LogP contribution >= 0.6 is 11.3 Å². The predicted octanol–water partition coefficient (Wildman–Crippen LogP) is 0.755. The van der Waals surface area contributed by atoms with Crippen LogP contribution in [-0.2, 0) is 19.6 Å². The Hall–Kier alpha value is -1.45. The molecule has 0 atom stereocenters. The molecule has 1 aromatic heterocycles. The van der Waals surface area contributed by atoms with E-state index in [1.807, 2.05) is 0 Å². The van der Waals surface area contributed by atoms with E-state index in [1.54, 1.807) is 18.4 Å². The number of hydrogen-bond donors (Lipinski definition) is 1. The standard InChI is InChI=1S/C11H16N2O5S2/c1-4-18-11(15)8-5-6-19-10(8)12-9(14)7-13(2)20(3,16)17/h5-6H,4,7H2,1-3H3,(H,12,14). The number of nitrogens with zero attached hydrogens (tertiary/aromatic N) is 1. The van der Waals surface area contributed by atoms with Crippen LogP contribution in [0.2, 0.25) is 0 Å². The van der Waals surface area contributed by atoms with Gasteiger partial charge in [-0.3, -0.25) is 4.79 Å². The zero-order chi connectivity index (χ0) is 15.3. The van der Waals surface area contributed by atoms with Crippen LogP contribution in [0.3, 0.4) is 0 Å². The molecule has 1 heterocycles. The van der Waals surface area contributed by atoms with E-state index in [4.69, 9.17) is 4.74 Å². The van der Waals surface area contributed by atoms with Gasteiger partial charge in [-0.1, -0.05) is 0 Å². The van der Waals surface area contributed by atoms with E-state index in [9.17, 15) is 18.0 Å². The Bertz CT molecular complexity index is 594. The molecule has 0 bridgehead atoms. The first-order valence-electron chi connectivity index (χ1n) is 5.71. The van der Waals surface area contributed by atoms with Crippen LogP contribution in [0.15, 0.2) is 11.4 Å². The third-order valence-corrected chi connectivity index (χ3v) is 4.44. The van der Waals surface area contributed by atoms with Gasteiger partial charge in [-0.2, -0.15) is 4.31 Å². The molecular weight excluding hydrogens is 304 g/mol. The number of esters is 1. The lowest BCUT2D eigenvalue weighted by molar-refractivity contribution is -0.116. The average molecular weight is 320 g/mol. The number of carbonyl (C=O) groups is 2. The fourth-order valence-electron chi connectivity index (χ4n) is 1.26. The SMILES string of the molecule is CCOC(=O)c1ccsc1NC(=O)CN(C)S(C)(=O)=O. The van der Waals surface area contributed by atoms with Crippen LogP contribution in [0.25, 0.3) is 0 Å². The minimum absolute atomic E-state index is 0.235. The average Bonchev–Trinajstić information content (AvgIpc) is 2.75. The van der Waals surface area contributed by atoms with Crippen molar-refractivity contribution in [3.8, 4) is 0 Å². The molecular formula is C11H16N2O5S2. The quantitative estimate of drug-likeness (QED) is 0.781. The molecule has 0 aliphatic carbocycles. The maximum Gasteiger partial charge on any atom is 0.341 e. The van der Waals surface area contributed by atoms with Crippen molar-refractivity contribution in [1.29, 1.82) is 0 Å². The van der Waals surface area contributed by atoms with E-state index >= 15 is 0 Å². The number of sulfonamides is 1. The summed E-state index contributed by atoms with van der Waals surface area (Å²) in [6.45, 7) is 1.60. The van der Waals surface area contributed by atoms with Crippen LogP contribution in [-0.4, -0.2) is 51.1 Å². The van der Waals surface area contributed by atoms with Gasteiger partial charge in [0.15, 0.2) is 0 Å². The van der Waals surface area contributed by atoms with Gasteiger partial charge in [-0.25, -0.2) is 13.2 Å². The molecule has 0 radical (unpaired) electrons. The van der Waals surface area contributed by atoms with E-state index < -0.39 is 21.9 Å². The van der Waals surface area contributed by atoms with Gasteiger partial charge in [0.2, 0.25) is 15.9 Å². The highest BCUT2D eigenvalue weighted by Crippen LogP contribution is 2.24. The normalized spacial score (nSPS) is 11.4. The second-order valence-corrected chi connectivity index (χ2v) is 6.96. The Kier molecular flexibility index (Phi) is 5.66. The fraction of sp³-hybridized carbons (Fsp3) is 0.455. The molecule has 0 aliphatic heterocycles. The van der Waals surface area contributed by atoms with Crippen LogP contribution in [0.4, 0.5) is 5.00 Å². The van der Waals surface area contributed by atoms with Gasteiger partial charge in [0.25, 0.3) is 0 Å². The number of hydrogen-bond acceptors (Lipinski definition) is 6. The third-order valence-electron chi connectivity index (χ3n) is 2.35. The van der Waals surface area contributed by atoms with Gasteiger partial charge >= 0.3 is 5.97 Å². The van der Waals surface area contributed by atoms with Crippen LogP contribution in [0, 0.1) is 0 Å². The molecule has 0 spiro atoms. The summed E-state index contributed by atoms with van der Waals surface area (Å²) in [4.78, 5) is 23.4. The lowest BCUT2D eigenvalue weighted by Gasteiger charge is -2.13. The zero-order valence-electron chi connectivity index (χ0n) is 11.4. The number of likely N-dealkylation sites (N-methyl/N-ethyl adjacent to an activating group) is 1. The molecule has 1 aromatic rings. The second-order valence-electron chi connectivity index (χ2n) is 3.95. The van der Waals surface area contributed by atoms with Gasteiger partial charge in [0.05, 0.1) is 25.0 Å². The summed E-state index contributed by atoms with van der Waals surface area (Å²) in [5.74, 6) is -1.05. The summed E-state index contributed by atoms with van der Waals surface area (Å²) in [5, 5.41) is 4.49. The molecule has 1 rings (SSSR count). The van der Waals surface area contributed by atoms with Crippen molar-refractivity contribution < 1.29 is 22.7 Å². The lowest BCUT2D eigenvalue weighted by atomic mass is 10.3. The number of ether oxygens (including phenoxy) is 1. The van der Waals surface area contributed by atoms with Gasteiger partial charge in [-0.05, 0) is 18.4 Å². The summed E-state index contributed by atoms with van der Waals surface area (Å²) in [6, 6.07) is 1.54. The number of amides is 1. The predicted molar refractivity (Wildman–Crippen MR) is 76.4 cm³/mol. The molecule has 7 nitrogen and oxygen atoms in total. The van der Waals surface area contributed by atoms with Gasteiger partial charge in [-0.15, -0.1) is 11.3 Å². The van der Waals surface area contributed by atoms with E-state index in [2.05, 4.69) is 5.32 Å². The molecule has 0 saturated carbocycles. The highest BCUT2D eigenvalue weighted by molar-refractivity contribution is 7.88. The number of anilines is 1. The van der Waals surface area contributed by atoms with Crippen molar-refractivity contribution in [2.75, 3.05) is 31.8 Å². The lowest BCUT2D eigenvalue weighted by Crippen LogP contribution is -2.34. The Labute approximate surface area is 121 Å². The largest absolute Gasteiger partial charge is 0.462 e. The van der Waals surface area contributed by atoms with E-state index in [-0.39, 0.29) is 18.7 Å². The zero-order valence-corrected chi connectivity index (χ0v) is 13.0. The number of carbonyl (C=O) groups excluding carboxylic acids is 2. The van der Waals surface area contributed by atoms with E-state index in [1.165, 1.54) is 18.4 Å². The molecule has 1 amide bonds. The van der Waals surface area contributed by atoms with Crippen molar-refractivity contribution in [2.45, 2.75) is 6.92 Å². The molecule has 1 N–H and O–H groups in total. The summed E-state index contributed by atoms with van der Waals surface area (Å²) >= 11 is 1.17. The molecule has 20 heavy (non-hydrogen) atoms. The second kappa shape index (κ2) is 6.82. The van der Waals surface area contributed by atoms with Crippen molar-refractivity contribution in [3.63, 3.8) is 0 Å². The minimum Gasteiger partial charge on any atom is -0.462 e. The monoisotopic (exact) mass is 320 g/mol. The van der Waals surface area contributed by atoms with E-state index in [0.29, 0.717) is 5.00 Å². The summed E-state index contributed by atoms with van der Waals surface area (Å²) in [5.41, 5.74) is 0.257. The minimum atomic E-state index is -3.43. The first kappa shape index (κ1) is 16.6. The Morgan fingerprint density at radius 3 is 2.65 bits per heavy atom. The fourth-order valence-corrected chi connectivity index (χ4v) is 2.40. The maximum absolute atomic E-state index is 11.7. The summed E-state index contributed by atoms with van der Waals surface area (Å²) < 4.78 is 28.2. The molecule has 9 heteroatoms. The van der Waals surface area contributed by atoms with Crippen molar-refractivity contribution in [2.24, 2.45) is 0 Å². The molecule has 0 unspecified atom stereocenters.